The number of anilines is 2. The van der Waals surface area contributed by atoms with Crippen molar-refractivity contribution in [1.29, 1.82) is 0 Å². The molecule has 0 saturated carbocycles. The lowest BCUT2D eigenvalue weighted by Gasteiger charge is -2.13. The summed E-state index contributed by atoms with van der Waals surface area (Å²) in [5, 5.41) is 3.36. The Balaban J connectivity index is 2.45. The third kappa shape index (κ3) is 3.52. The van der Waals surface area contributed by atoms with Gasteiger partial charge in [-0.1, -0.05) is 34.8 Å². The van der Waals surface area contributed by atoms with Crippen LogP contribution < -0.4 is 10.0 Å². The molecule has 5 nitrogen and oxygen atoms in total. The lowest BCUT2D eigenvalue weighted by molar-refractivity contribution is 0.601. The van der Waals surface area contributed by atoms with Crippen LogP contribution in [0.1, 0.15) is 0 Å². The smallest absolute Gasteiger partial charge is 0.265 e. The van der Waals surface area contributed by atoms with Gasteiger partial charge in [-0.15, -0.1) is 0 Å². The predicted octanol–water partition coefficient (Wildman–Crippen LogP) is 3.88. The molecule has 21 heavy (non-hydrogen) atoms. The Morgan fingerprint density at radius 1 is 1.05 bits per heavy atom. The van der Waals surface area contributed by atoms with Gasteiger partial charge in [0.2, 0.25) is 0 Å². The van der Waals surface area contributed by atoms with Gasteiger partial charge in [0.1, 0.15) is 4.90 Å². The van der Waals surface area contributed by atoms with Crippen LogP contribution in [-0.4, -0.2) is 20.4 Å². The minimum Gasteiger partial charge on any atom is -0.387 e. The maximum absolute atomic E-state index is 12.4. The maximum atomic E-state index is 12.4. The Bertz CT molecular complexity index is 781. The first-order chi connectivity index (χ1) is 9.85. The number of pyridine rings is 1. The van der Waals surface area contributed by atoms with Crippen molar-refractivity contribution in [3.63, 3.8) is 0 Å². The van der Waals surface area contributed by atoms with E-state index in [2.05, 4.69) is 15.0 Å². The van der Waals surface area contributed by atoms with E-state index in [4.69, 9.17) is 34.8 Å². The van der Waals surface area contributed by atoms with Gasteiger partial charge in [0.05, 0.1) is 26.4 Å². The summed E-state index contributed by atoms with van der Waals surface area (Å²) in [6.07, 6.45) is 2.72. The lowest BCUT2D eigenvalue weighted by atomic mass is 10.3. The molecule has 112 valence electrons. The van der Waals surface area contributed by atoms with Crippen LogP contribution in [0.2, 0.25) is 15.1 Å². The number of aromatic nitrogens is 1. The first-order valence-electron chi connectivity index (χ1n) is 5.64. The molecule has 0 amide bonds. The third-order valence-corrected chi connectivity index (χ3v) is 5.03. The van der Waals surface area contributed by atoms with Gasteiger partial charge in [0.15, 0.2) is 0 Å². The van der Waals surface area contributed by atoms with Crippen LogP contribution in [0.25, 0.3) is 0 Å². The van der Waals surface area contributed by atoms with Crippen LogP contribution in [-0.2, 0) is 10.0 Å². The second-order valence-corrected chi connectivity index (χ2v) is 6.85. The number of hydrogen-bond donors (Lipinski definition) is 2. The van der Waals surface area contributed by atoms with E-state index in [1.165, 1.54) is 24.5 Å². The Labute approximate surface area is 137 Å². The Morgan fingerprint density at radius 2 is 1.71 bits per heavy atom. The van der Waals surface area contributed by atoms with E-state index >= 15 is 0 Å². The van der Waals surface area contributed by atoms with Crippen molar-refractivity contribution in [2.75, 3.05) is 17.1 Å². The van der Waals surface area contributed by atoms with Crippen molar-refractivity contribution in [2.45, 2.75) is 4.90 Å². The van der Waals surface area contributed by atoms with E-state index in [1.54, 1.807) is 13.1 Å². The maximum Gasteiger partial charge on any atom is 0.265 e. The molecular weight excluding hydrogens is 357 g/mol. The molecule has 0 radical (unpaired) electrons. The fourth-order valence-corrected chi connectivity index (χ4v) is 3.48. The summed E-state index contributed by atoms with van der Waals surface area (Å²) in [6, 6.07) is 4.26. The topological polar surface area (TPSA) is 71.1 Å². The highest BCUT2D eigenvalue weighted by Crippen LogP contribution is 2.34. The zero-order valence-electron chi connectivity index (χ0n) is 10.7. The molecule has 1 heterocycles. The first kappa shape index (κ1) is 16.2. The van der Waals surface area contributed by atoms with Crippen LogP contribution in [0.3, 0.4) is 0 Å². The molecule has 0 bridgehead atoms. The van der Waals surface area contributed by atoms with Crippen molar-refractivity contribution in [2.24, 2.45) is 0 Å². The summed E-state index contributed by atoms with van der Waals surface area (Å²) >= 11 is 17.6. The summed E-state index contributed by atoms with van der Waals surface area (Å²) in [7, 11) is -2.26. The highest BCUT2D eigenvalue weighted by Gasteiger charge is 2.20. The van der Waals surface area contributed by atoms with Gasteiger partial charge in [-0.25, -0.2) is 8.42 Å². The van der Waals surface area contributed by atoms with Gasteiger partial charge < -0.3 is 5.32 Å². The quantitative estimate of drug-likeness (QED) is 0.805. The van der Waals surface area contributed by atoms with Crippen molar-refractivity contribution in [3.05, 3.63) is 45.7 Å². The minimum atomic E-state index is -3.87. The standard InChI is InChI=1S/C12H10Cl3N3O2S/c1-16-10-2-3-17-6-12(10)21(19,20)18-11-5-8(14)7(13)4-9(11)15/h2-6,18H,1H3,(H,16,17). The normalized spacial score (nSPS) is 11.2. The fraction of sp³-hybridized carbons (Fsp3) is 0.0833. The highest BCUT2D eigenvalue weighted by atomic mass is 35.5. The average molecular weight is 367 g/mol. The van der Waals surface area contributed by atoms with Crippen molar-refractivity contribution < 1.29 is 8.42 Å². The summed E-state index contributed by atoms with van der Waals surface area (Å²) in [6.45, 7) is 0. The van der Waals surface area contributed by atoms with Gasteiger partial charge in [-0.2, -0.15) is 0 Å². The van der Waals surface area contributed by atoms with Crippen LogP contribution in [0.4, 0.5) is 11.4 Å². The Hall–Kier alpha value is -1.21. The fourth-order valence-electron chi connectivity index (χ4n) is 1.60. The number of benzene rings is 1. The third-order valence-electron chi connectivity index (χ3n) is 2.60. The Morgan fingerprint density at radius 3 is 2.38 bits per heavy atom. The SMILES string of the molecule is CNc1ccncc1S(=O)(=O)Nc1cc(Cl)c(Cl)cc1Cl. The number of hydrogen-bond acceptors (Lipinski definition) is 4. The molecule has 0 aliphatic carbocycles. The molecule has 1 aromatic heterocycles. The zero-order valence-corrected chi connectivity index (χ0v) is 13.8. The molecule has 2 aromatic rings. The zero-order chi connectivity index (χ0) is 15.6. The highest BCUT2D eigenvalue weighted by molar-refractivity contribution is 7.92. The number of rotatable bonds is 4. The average Bonchev–Trinajstić information content (AvgIpc) is 2.44. The van der Waals surface area contributed by atoms with Crippen molar-refractivity contribution >= 4 is 56.2 Å². The number of nitrogens with zero attached hydrogens (tertiary/aromatic N) is 1. The molecule has 0 saturated heterocycles. The Kier molecular flexibility index (Phi) is 4.83. The first-order valence-corrected chi connectivity index (χ1v) is 8.26. The van der Waals surface area contributed by atoms with Crippen LogP contribution in [0.5, 0.6) is 0 Å². The molecule has 1 aromatic carbocycles. The van der Waals surface area contributed by atoms with E-state index in [1.807, 2.05) is 0 Å². The molecule has 0 atom stereocenters. The van der Waals surface area contributed by atoms with Crippen LogP contribution in [0.15, 0.2) is 35.5 Å². The van der Waals surface area contributed by atoms with Gasteiger partial charge >= 0.3 is 0 Å². The molecule has 2 rings (SSSR count). The van der Waals surface area contributed by atoms with Gasteiger partial charge in [-0.05, 0) is 18.2 Å². The van der Waals surface area contributed by atoms with E-state index in [-0.39, 0.29) is 25.7 Å². The van der Waals surface area contributed by atoms with E-state index in [0.29, 0.717) is 5.69 Å². The van der Waals surface area contributed by atoms with E-state index in [0.717, 1.165) is 0 Å². The molecular formula is C12H10Cl3N3O2S. The molecule has 0 unspecified atom stereocenters. The van der Waals surface area contributed by atoms with Crippen molar-refractivity contribution in [1.82, 2.24) is 4.98 Å². The molecule has 0 spiro atoms. The number of nitrogens with one attached hydrogen (secondary N) is 2. The minimum absolute atomic E-state index is 0.00496. The predicted molar refractivity (Wildman–Crippen MR) is 86.1 cm³/mol. The molecule has 2 N–H and O–H groups in total. The van der Waals surface area contributed by atoms with Gasteiger partial charge in [0, 0.05) is 19.4 Å². The number of sulfonamides is 1. The largest absolute Gasteiger partial charge is 0.387 e. The lowest BCUT2D eigenvalue weighted by Crippen LogP contribution is -2.15. The summed E-state index contributed by atoms with van der Waals surface area (Å²) in [5.41, 5.74) is 0.547. The monoisotopic (exact) mass is 365 g/mol. The van der Waals surface area contributed by atoms with Gasteiger partial charge in [0.25, 0.3) is 10.0 Å². The van der Waals surface area contributed by atoms with Gasteiger partial charge in [-0.3, -0.25) is 9.71 Å². The van der Waals surface area contributed by atoms with Crippen LogP contribution in [0, 0.1) is 0 Å². The summed E-state index contributed by atoms with van der Waals surface area (Å²) in [4.78, 5) is 3.81. The van der Waals surface area contributed by atoms with E-state index in [9.17, 15) is 8.42 Å². The second kappa shape index (κ2) is 6.27. The number of halogens is 3. The second-order valence-electron chi connectivity index (χ2n) is 3.97. The molecule has 0 fully saturated rings. The molecule has 0 aliphatic heterocycles. The summed E-state index contributed by atoms with van der Waals surface area (Å²) < 4.78 is 27.2. The molecule has 0 aliphatic rings. The van der Waals surface area contributed by atoms with Crippen LogP contribution >= 0.6 is 34.8 Å². The van der Waals surface area contributed by atoms with Crippen molar-refractivity contribution in [3.8, 4) is 0 Å². The molecule has 9 heteroatoms. The summed E-state index contributed by atoms with van der Waals surface area (Å²) in [5.74, 6) is 0. The van der Waals surface area contributed by atoms with E-state index < -0.39 is 10.0 Å².